The number of hydrogen-bond acceptors (Lipinski definition) is 4. The van der Waals surface area contributed by atoms with Crippen molar-refractivity contribution in [3.63, 3.8) is 0 Å². The summed E-state index contributed by atoms with van der Waals surface area (Å²) in [5, 5.41) is 9.68. The summed E-state index contributed by atoms with van der Waals surface area (Å²) in [6.45, 7) is 10.5. The first kappa shape index (κ1) is 24.8. The lowest BCUT2D eigenvalue weighted by Crippen LogP contribution is -2.36. The van der Waals surface area contributed by atoms with Crippen LogP contribution in [0.5, 0.6) is 5.75 Å². The Morgan fingerprint density at radius 2 is 1.88 bits per heavy atom. The molecule has 0 aliphatic carbocycles. The Hall–Kier alpha value is -2.83. The van der Waals surface area contributed by atoms with E-state index in [9.17, 15) is 4.79 Å². The summed E-state index contributed by atoms with van der Waals surface area (Å²) in [5.74, 6) is 0.601. The van der Waals surface area contributed by atoms with Gasteiger partial charge in [0.2, 0.25) is 0 Å². The van der Waals surface area contributed by atoms with E-state index in [0.717, 1.165) is 44.8 Å². The van der Waals surface area contributed by atoms with E-state index in [2.05, 4.69) is 42.8 Å². The maximum absolute atomic E-state index is 10.2. The summed E-state index contributed by atoms with van der Waals surface area (Å²) in [7, 11) is 1.78. The summed E-state index contributed by atoms with van der Waals surface area (Å²) < 4.78 is 11.5. The van der Waals surface area contributed by atoms with Gasteiger partial charge in [-0.05, 0) is 55.5 Å². The molecule has 33 heavy (non-hydrogen) atoms. The molecule has 2 heterocycles. The van der Waals surface area contributed by atoms with Crippen LogP contribution in [0.1, 0.15) is 61.0 Å². The Balaban J connectivity index is 0.000000286. The van der Waals surface area contributed by atoms with Crippen molar-refractivity contribution in [2.45, 2.75) is 52.2 Å². The largest absolute Gasteiger partial charge is 0.496 e. The Morgan fingerprint density at radius 1 is 1.18 bits per heavy atom. The zero-order chi connectivity index (χ0) is 23.8. The van der Waals surface area contributed by atoms with Crippen LogP contribution in [0.3, 0.4) is 0 Å². The molecule has 3 aromatic rings. The van der Waals surface area contributed by atoms with Gasteiger partial charge in [0.05, 0.1) is 18.8 Å². The Morgan fingerprint density at radius 3 is 2.42 bits per heavy atom. The first-order valence-corrected chi connectivity index (χ1v) is 11.7. The highest BCUT2D eigenvalue weighted by atomic mass is 16.5. The fourth-order valence-corrected chi connectivity index (χ4v) is 4.37. The molecule has 6 nitrogen and oxygen atoms in total. The molecule has 1 fully saturated rings. The van der Waals surface area contributed by atoms with E-state index >= 15 is 0 Å². The van der Waals surface area contributed by atoms with E-state index in [1.165, 1.54) is 22.0 Å². The maximum atomic E-state index is 10.2. The first-order valence-electron chi connectivity index (χ1n) is 11.7. The van der Waals surface area contributed by atoms with Crippen LogP contribution in [0.4, 0.5) is 0 Å². The number of benzene rings is 2. The molecule has 0 radical (unpaired) electrons. The molecular formula is C27H36N2O4. The van der Waals surface area contributed by atoms with E-state index in [1.807, 2.05) is 6.20 Å². The van der Waals surface area contributed by atoms with Crippen molar-refractivity contribution in [2.24, 2.45) is 0 Å². The fraction of sp³-hybridized carbons (Fsp3) is 0.444. The van der Waals surface area contributed by atoms with Gasteiger partial charge < -0.3 is 19.6 Å². The van der Waals surface area contributed by atoms with Gasteiger partial charge in [0, 0.05) is 48.9 Å². The van der Waals surface area contributed by atoms with Crippen molar-refractivity contribution in [3.8, 4) is 5.75 Å². The first-order chi connectivity index (χ1) is 15.9. The van der Waals surface area contributed by atoms with Gasteiger partial charge in [-0.2, -0.15) is 0 Å². The molecule has 0 spiro atoms. The highest BCUT2D eigenvalue weighted by Crippen LogP contribution is 2.35. The minimum absolute atomic E-state index is 0.331. The van der Waals surface area contributed by atoms with Gasteiger partial charge in [0.1, 0.15) is 5.75 Å². The molecule has 1 aromatic heterocycles. The van der Waals surface area contributed by atoms with Crippen LogP contribution >= 0.6 is 0 Å². The summed E-state index contributed by atoms with van der Waals surface area (Å²) in [4.78, 5) is 16.2. The zero-order valence-electron chi connectivity index (χ0n) is 20.1. The number of aromatic nitrogens is 1. The molecule has 1 saturated heterocycles. The van der Waals surface area contributed by atoms with Crippen LogP contribution in [0.15, 0.2) is 48.7 Å². The van der Waals surface area contributed by atoms with Crippen LogP contribution < -0.4 is 4.74 Å². The summed E-state index contributed by atoms with van der Waals surface area (Å²) in [6, 6.07) is 12.7. The second-order valence-corrected chi connectivity index (χ2v) is 8.67. The number of aromatic amines is 1. The monoisotopic (exact) mass is 452 g/mol. The predicted molar refractivity (Wildman–Crippen MR) is 132 cm³/mol. The quantitative estimate of drug-likeness (QED) is 0.482. The van der Waals surface area contributed by atoms with Crippen molar-refractivity contribution in [3.05, 3.63) is 65.4 Å². The van der Waals surface area contributed by atoms with Gasteiger partial charge in [0.15, 0.2) is 0 Å². The number of carboxylic acids is 1. The van der Waals surface area contributed by atoms with E-state index in [1.54, 1.807) is 37.4 Å². The second-order valence-electron chi connectivity index (χ2n) is 8.67. The molecule has 0 saturated carbocycles. The van der Waals surface area contributed by atoms with Crippen molar-refractivity contribution in [2.75, 3.05) is 26.8 Å². The molecule has 0 unspecified atom stereocenters. The van der Waals surface area contributed by atoms with Gasteiger partial charge in [0.25, 0.3) is 0 Å². The van der Waals surface area contributed by atoms with Crippen LogP contribution in [-0.2, 0) is 11.3 Å². The number of ether oxygens (including phenoxy) is 2. The molecule has 2 aromatic carbocycles. The number of fused-ring (bicyclic) bond motifs is 1. The predicted octanol–water partition coefficient (Wildman–Crippen LogP) is 5.69. The molecule has 6 heteroatoms. The van der Waals surface area contributed by atoms with Gasteiger partial charge >= 0.3 is 5.97 Å². The van der Waals surface area contributed by atoms with E-state index in [0.29, 0.717) is 17.6 Å². The normalized spacial score (nSPS) is 14.8. The van der Waals surface area contributed by atoms with Crippen LogP contribution in [-0.4, -0.2) is 53.9 Å². The summed E-state index contributed by atoms with van der Waals surface area (Å²) >= 11 is 0. The molecule has 1 aliphatic rings. The van der Waals surface area contributed by atoms with Crippen molar-refractivity contribution in [1.29, 1.82) is 0 Å². The average molecular weight is 453 g/mol. The Bertz CT molecular complexity index is 1020. The molecule has 4 rings (SSSR count). The van der Waals surface area contributed by atoms with E-state index in [4.69, 9.17) is 14.6 Å². The third-order valence-electron chi connectivity index (χ3n) is 6.13. The van der Waals surface area contributed by atoms with E-state index < -0.39 is 5.97 Å². The number of nitrogens with zero attached hydrogens (tertiary/aromatic N) is 1. The molecule has 178 valence electrons. The number of carbonyl (C=O) groups is 1. The maximum Gasteiger partial charge on any atom is 0.335 e. The standard InChI is InChI=1S/C20H30N2O2.C7H6O2/c1-5-24-15-7-10-22(11-8-15)13-18-16-6-9-21-20(16)17(14(2)3)12-19(18)23-4;8-7(9)6-4-2-1-3-5-6/h6,9,12,14-15,21H,5,7-8,10-11,13H2,1-4H3;1-5H,(H,8,9). The smallest absolute Gasteiger partial charge is 0.335 e. The zero-order valence-corrected chi connectivity index (χ0v) is 20.1. The minimum Gasteiger partial charge on any atom is -0.496 e. The van der Waals surface area contributed by atoms with Crippen molar-refractivity contribution >= 4 is 16.9 Å². The minimum atomic E-state index is -0.879. The molecule has 2 N–H and O–H groups in total. The van der Waals surface area contributed by atoms with E-state index in [-0.39, 0.29) is 0 Å². The van der Waals surface area contributed by atoms with Gasteiger partial charge in [-0.15, -0.1) is 0 Å². The number of nitrogens with one attached hydrogen (secondary N) is 1. The highest BCUT2D eigenvalue weighted by Gasteiger charge is 2.22. The number of methoxy groups -OCH3 is 1. The lowest BCUT2D eigenvalue weighted by Gasteiger charge is -2.32. The van der Waals surface area contributed by atoms with Gasteiger partial charge in [-0.1, -0.05) is 32.0 Å². The fourth-order valence-electron chi connectivity index (χ4n) is 4.37. The topological polar surface area (TPSA) is 74.8 Å². The Kier molecular flexibility index (Phi) is 8.92. The molecular weight excluding hydrogens is 416 g/mol. The molecule has 1 aliphatic heterocycles. The van der Waals surface area contributed by atoms with Crippen LogP contribution in [0.2, 0.25) is 0 Å². The number of likely N-dealkylation sites (tertiary alicyclic amines) is 1. The molecule has 0 atom stereocenters. The average Bonchev–Trinajstić information content (AvgIpc) is 3.31. The second kappa shape index (κ2) is 11.9. The van der Waals surface area contributed by atoms with Crippen molar-refractivity contribution < 1.29 is 19.4 Å². The number of aromatic carboxylic acids is 1. The SMILES string of the molecule is CCOC1CCN(Cc2c(OC)cc(C(C)C)c3[nH]ccc23)CC1.O=C(O)c1ccccc1. The third kappa shape index (κ3) is 6.36. The number of piperidine rings is 1. The van der Waals surface area contributed by atoms with Gasteiger partial charge in [-0.25, -0.2) is 4.79 Å². The number of carboxylic acid groups (broad SMARTS) is 1. The molecule has 0 amide bonds. The number of H-pyrrole nitrogens is 1. The summed E-state index contributed by atoms with van der Waals surface area (Å²) in [5.41, 5.74) is 4.21. The lowest BCUT2D eigenvalue weighted by atomic mass is 9.96. The van der Waals surface area contributed by atoms with Crippen molar-refractivity contribution in [1.82, 2.24) is 9.88 Å². The van der Waals surface area contributed by atoms with Gasteiger partial charge in [-0.3, -0.25) is 4.90 Å². The molecule has 0 bridgehead atoms. The Labute approximate surface area is 196 Å². The lowest BCUT2D eigenvalue weighted by molar-refractivity contribution is 0.0125. The van der Waals surface area contributed by atoms with Crippen LogP contribution in [0.25, 0.3) is 10.9 Å². The number of hydrogen-bond donors (Lipinski definition) is 2. The highest BCUT2D eigenvalue weighted by molar-refractivity contribution is 5.89. The summed E-state index contributed by atoms with van der Waals surface area (Å²) in [6.07, 6.45) is 4.72. The van der Waals surface area contributed by atoms with Crippen LogP contribution in [0, 0.1) is 0 Å². The number of rotatable bonds is 7. The third-order valence-corrected chi connectivity index (χ3v) is 6.13.